The Hall–Kier alpha value is -0.220. The van der Waals surface area contributed by atoms with Crippen LogP contribution in [0.5, 0.6) is 0 Å². The number of carbonyl (C=O) groups excluding carboxylic acids is 1. The maximum absolute atomic E-state index is 11.6. The van der Waals surface area contributed by atoms with E-state index in [4.69, 9.17) is 0 Å². The topological polar surface area (TPSA) is 41.1 Å². The molecule has 1 saturated heterocycles. The van der Waals surface area contributed by atoms with Gasteiger partial charge in [-0.2, -0.15) is 11.8 Å². The summed E-state index contributed by atoms with van der Waals surface area (Å²) >= 11 is 1.91. The minimum Gasteiger partial charge on any atom is -0.354 e. The molecule has 2 fully saturated rings. The summed E-state index contributed by atoms with van der Waals surface area (Å²) in [5.74, 6) is 0.470. The zero-order chi connectivity index (χ0) is 10.0. The Kier molecular flexibility index (Phi) is 3.02. The van der Waals surface area contributed by atoms with Crippen LogP contribution in [-0.2, 0) is 4.79 Å². The second-order valence-electron chi connectivity index (χ2n) is 4.31. The van der Waals surface area contributed by atoms with E-state index in [1.54, 1.807) is 0 Å². The average molecular weight is 214 g/mol. The molecule has 0 unspecified atom stereocenters. The van der Waals surface area contributed by atoms with E-state index in [9.17, 15) is 4.79 Å². The SMILES string of the molecule is CSC1(CNC(=O)C2CNC2)CCC1. The summed E-state index contributed by atoms with van der Waals surface area (Å²) in [6.07, 6.45) is 5.99. The lowest BCUT2D eigenvalue weighted by Crippen LogP contribution is -2.54. The van der Waals surface area contributed by atoms with E-state index >= 15 is 0 Å². The first-order valence-electron chi connectivity index (χ1n) is 5.29. The molecule has 0 spiro atoms. The van der Waals surface area contributed by atoms with Gasteiger partial charge in [0, 0.05) is 24.4 Å². The fraction of sp³-hybridized carbons (Fsp3) is 0.900. The van der Waals surface area contributed by atoms with Crippen LogP contribution in [0.2, 0.25) is 0 Å². The van der Waals surface area contributed by atoms with Crippen LogP contribution in [0.25, 0.3) is 0 Å². The molecule has 14 heavy (non-hydrogen) atoms. The summed E-state index contributed by atoms with van der Waals surface area (Å²) in [5, 5.41) is 6.19. The molecule has 2 rings (SSSR count). The van der Waals surface area contributed by atoms with Crippen molar-refractivity contribution in [1.82, 2.24) is 10.6 Å². The van der Waals surface area contributed by atoms with Gasteiger partial charge in [0.25, 0.3) is 0 Å². The molecule has 3 nitrogen and oxygen atoms in total. The molecule has 1 heterocycles. The third-order valence-corrected chi connectivity index (χ3v) is 4.85. The summed E-state index contributed by atoms with van der Waals surface area (Å²) in [6.45, 7) is 2.58. The van der Waals surface area contributed by atoms with Gasteiger partial charge in [-0.1, -0.05) is 6.42 Å². The average Bonchev–Trinajstić information content (AvgIpc) is 2.00. The quantitative estimate of drug-likeness (QED) is 0.720. The molecule has 1 saturated carbocycles. The van der Waals surface area contributed by atoms with Gasteiger partial charge in [-0.25, -0.2) is 0 Å². The smallest absolute Gasteiger partial charge is 0.225 e. The third kappa shape index (κ3) is 1.91. The molecule has 0 bridgehead atoms. The van der Waals surface area contributed by atoms with Gasteiger partial charge < -0.3 is 10.6 Å². The van der Waals surface area contributed by atoms with Gasteiger partial charge in [-0.05, 0) is 19.1 Å². The molecule has 4 heteroatoms. The lowest BCUT2D eigenvalue weighted by Gasteiger charge is -2.41. The summed E-state index contributed by atoms with van der Waals surface area (Å²) in [4.78, 5) is 11.6. The van der Waals surface area contributed by atoms with Gasteiger partial charge in [-0.3, -0.25) is 4.79 Å². The molecule has 0 aromatic heterocycles. The lowest BCUT2D eigenvalue weighted by molar-refractivity contribution is -0.126. The monoisotopic (exact) mass is 214 g/mol. The normalized spacial score (nSPS) is 24.9. The molecule has 1 aliphatic carbocycles. The Balaban J connectivity index is 1.72. The van der Waals surface area contributed by atoms with Gasteiger partial charge in [-0.15, -0.1) is 0 Å². The van der Waals surface area contributed by atoms with Gasteiger partial charge in [0.1, 0.15) is 0 Å². The highest BCUT2D eigenvalue weighted by molar-refractivity contribution is 8.00. The van der Waals surface area contributed by atoms with Crippen molar-refractivity contribution in [3.8, 4) is 0 Å². The highest BCUT2D eigenvalue weighted by atomic mass is 32.2. The standard InChI is InChI=1S/C10H18N2OS/c1-14-10(3-2-4-10)7-12-9(13)8-5-11-6-8/h8,11H,2-7H2,1H3,(H,12,13). The molecule has 0 aromatic carbocycles. The number of hydrogen-bond donors (Lipinski definition) is 2. The summed E-state index contributed by atoms with van der Waals surface area (Å²) < 4.78 is 0.368. The first-order chi connectivity index (χ1) is 6.76. The predicted molar refractivity (Wildman–Crippen MR) is 59.5 cm³/mol. The van der Waals surface area contributed by atoms with Crippen molar-refractivity contribution in [2.45, 2.75) is 24.0 Å². The van der Waals surface area contributed by atoms with Gasteiger partial charge in [0.15, 0.2) is 0 Å². The third-order valence-electron chi connectivity index (χ3n) is 3.43. The van der Waals surface area contributed by atoms with E-state index in [1.165, 1.54) is 19.3 Å². The highest BCUT2D eigenvalue weighted by Crippen LogP contribution is 2.42. The molecule has 2 aliphatic rings. The van der Waals surface area contributed by atoms with E-state index in [0.29, 0.717) is 4.75 Å². The summed E-state index contributed by atoms with van der Waals surface area (Å²) in [7, 11) is 0. The zero-order valence-corrected chi connectivity index (χ0v) is 9.45. The van der Waals surface area contributed by atoms with Crippen molar-refractivity contribution >= 4 is 17.7 Å². The van der Waals surface area contributed by atoms with Crippen molar-refractivity contribution < 1.29 is 4.79 Å². The van der Waals surface area contributed by atoms with Crippen LogP contribution in [0, 0.1) is 5.92 Å². The van der Waals surface area contributed by atoms with Crippen LogP contribution >= 0.6 is 11.8 Å². The minimum atomic E-state index is 0.231. The first kappa shape index (κ1) is 10.3. The summed E-state index contributed by atoms with van der Waals surface area (Å²) in [5.41, 5.74) is 0. The van der Waals surface area contributed by atoms with E-state index in [0.717, 1.165) is 19.6 Å². The van der Waals surface area contributed by atoms with Crippen molar-refractivity contribution in [2.75, 3.05) is 25.9 Å². The van der Waals surface area contributed by atoms with Crippen molar-refractivity contribution in [1.29, 1.82) is 0 Å². The predicted octanol–water partition coefficient (Wildman–Crippen LogP) is 0.608. The van der Waals surface area contributed by atoms with Crippen LogP contribution in [-0.4, -0.2) is 36.5 Å². The first-order valence-corrected chi connectivity index (χ1v) is 6.52. The number of carbonyl (C=O) groups is 1. The molecule has 80 valence electrons. The van der Waals surface area contributed by atoms with E-state index < -0.39 is 0 Å². The number of thioether (sulfide) groups is 1. The van der Waals surface area contributed by atoms with Crippen LogP contribution < -0.4 is 10.6 Å². The van der Waals surface area contributed by atoms with Gasteiger partial charge in [0.05, 0.1) is 5.92 Å². The van der Waals surface area contributed by atoms with Crippen molar-refractivity contribution in [2.24, 2.45) is 5.92 Å². The van der Waals surface area contributed by atoms with Crippen LogP contribution in [0.3, 0.4) is 0 Å². The molecule has 1 amide bonds. The number of amides is 1. The van der Waals surface area contributed by atoms with Crippen molar-refractivity contribution in [3.63, 3.8) is 0 Å². The Labute approximate surface area is 89.4 Å². The lowest BCUT2D eigenvalue weighted by atomic mass is 9.84. The number of nitrogens with one attached hydrogen (secondary N) is 2. The van der Waals surface area contributed by atoms with E-state index in [2.05, 4.69) is 16.9 Å². The molecular formula is C10H18N2OS. The maximum atomic E-state index is 11.6. The number of hydrogen-bond acceptors (Lipinski definition) is 3. The van der Waals surface area contributed by atoms with Crippen LogP contribution in [0.1, 0.15) is 19.3 Å². The van der Waals surface area contributed by atoms with Gasteiger partial charge in [0.2, 0.25) is 5.91 Å². The van der Waals surface area contributed by atoms with Gasteiger partial charge >= 0.3 is 0 Å². The highest BCUT2D eigenvalue weighted by Gasteiger charge is 2.37. The zero-order valence-electron chi connectivity index (χ0n) is 8.64. The maximum Gasteiger partial charge on any atom is 0.225 e. The van der Waals surface area contributed by atoms with E-state index in [1.807, 2.05) is 11.8 Å². The molecular weight excluding hydrogens is 196 g/mol. The molecule has 0 aromatic rings. The fourth-order valence-corrected chi connectivity index (χ4v) is 2.80. The largest absolute Gasteiger partial charge is 0.354 e. The molecule has 0 atom stereocenters. The Morgan fingerprint density at radius 3 is 2.64 bits per heavy atom. The fourth-order valence-electron chi connectivity index (χ4n) is 1.89. The minimum absolute atomic E-state index is 0.231. The second kappa shape index (κ2) is 4.11. The Bertz CT molecular complexity index is 219. The molecule has 2 N–H and O–H groups in total. The van der Waals surface area contributed by atoms with Crippen molar-refractivity contribution in [3.05, 3.63) is 0 Å². The Morgan fingerprint density at radius 1 is 1.57 bits per heavy atom. The summed E-state index contributed by atoms with van der Waals surface area (Å²) in [6, 6.07) is 0. The Morgan fingerprint density at radius 2 is 2.29 bits per heavy atom. The second-order valence-corrected chi connectivity index (χ2v) is 5.59. The van der Waals surface area contributed by atoms with Crippen LogP contribution in [0.15, 0.2) is 0 Å². The number of rotatable bonds is 4. The van der Waals surface area contributed by atoms with E-state index in [-0.39, 0.29) is 11.8 Å². The van der Waals surface area contributed by atoms with Crippen LogP contribution in [0.4, 0.5) is 0 Å². The molecule has 0 radical (unpaired) electrons. The molecule has 1 aliphatic heterocycles.